The maximum Gasteiger partial charge on any atom is 0.224 e. The molecule has 0 saturated heterocycles. The van der Waals surface area contributed by atoms with E-state index in [0.29, 0.717) is 6.42 Å². The SMILES string of the molecule is C#Cc1ccc(CC(=O)NC2(CC)CCCCC2)c(C)c1. The Morgan fingerprint density at radius 3 is 2.62 bits per heavy atom. The van der Waals surface area contributed by atoms with E-state index in [-0.39, 0.29) is 11.4 Å². The van der Waals surface area contributed by atoms with Crippen molar-refractivity contribution in [3.05, 3.63) is 34.9 Å². The predicted molar refractivity (Wildman–Crippen MR) is 87.1 cm³/mol. The van der Waals surface area contributed by atoms with Crippen LogP contribution < -0.4 is 5.32 Å². The summed E-state index contributed by atoms with van der Waals surface area (Å²) < 4.78 is 0. The van der Waals surface area contributed by atoms with E-state index in [2.05, 4.69) is 18.2 Å². The lowest BCUT2D eigenvalue weighted by Crippen LogP contribution is -2.49. The molecule has 2 nitrogen and oxygen atoms in total. The van der Waals surface area contributed by atoms with Crippen molar-refractivity contribution in [1.29, 1.82) is 0 Å². The number of carbonyl (C=O) groups is 1. The molecule has 0 atom stereocenters. The summed E-state index contributed by atoms with van der Waals surface area (Å²) in [6.07, 6.45) is 12.8. The first-order chi connectivity index (χ1) is 10.1. The molecular weight excluding hydrogens is 258 g/mol. The summed E-state index contributed by atoms with van der Waals surface area (Å²) >= 11 is 0. The highest BCUT2D eigenvalue weighted by molar-refractivity contribution is 5.79. The molecule has 0 bridgehead atoms. The third kappa shape index (κ3) is 3.88. The standard InChI is InChI=1S/C19H25NO/c1-4-16-9-10-17(15(3)13-16)14-18(21)20-19(5-2)11-7-6-8-12-19/h1,9-10,13H,5-8,11-12,14H2,2-3H3,(H,20,21). The number of nitrogens with one attached hydrogen (secondary N) is 1. The molecule has 1 aliphatic rings. The molecular formula is C19H25NO. The van der Waals surface area contributed by atoms with Gasteiger partial charge in [0.05, 0.1) is 6.42 Å². The van der Waals surface area contributed by atoms with Gasteiger partial charge in [-0.05, 0) is 49.4 Å². The summed E-state index contributed by atoms with van der Waals surface area (Å²) in [5.41, 5.74) is 3.06. The average Bonchev–Trinajstić information content (AvgIpc) is 2.50. The lowest BCUT2D eigenvalue weighted by Gasteiger charge is -2.37. The highest BCUT2D eigenvalue weighted by Crippen LogP contribution is 2.30. The van der Waals surface area contributed by atoms with E-state index in [4.69, 9.17) is 6.42 Å². The van der Waals surface area contributed by atoms with E-state index in [0.717, 1.165) is 36.0 Å². The van der Waals surface area contributed by atoms with Crippen LogP contribution >= 0.6 is 0 Å². The van der Waals surface area contributed by atoms with E-state index in [9.17, 15) is 4.79 Å². The van der Waals surface area contributed by atoms with E-state index in [1.54, 1.807) is 0 Å². The van der Waals surface area contributed by atoms with Crippen LogP contribution in [0, 0.1) is 19.3 Å². The van der Waals surface area contributed by atoms with Gasteiger partial charge < -0.3 is 5.32 Å². The summed E-state index contributed by atoms with van der Waals surface area (Å²) in [6.45, 7) is 4.19. The number of amides is 1. The fourth-order valence-corrected chi connectivity index (χ4v) is 3.29. The zero-order valence-corrected chi connectivity index (χ0v) is 13.2. The molecule has 1 aliphatic carbocycles. The van der Waals surface area contributed by atoms with Crippen LogP contribution in [0.5, 0.6) is 0 Å². The normalized spacial score (nSPS) is 17.0. The second-order valence-electron chi connectivity index (χ2n) is 6.21. The fraction of sp³-hybridized carbons (Fsp3) is 0.526. The van der Waals surface area contributed by atoms with E-state index in [1.807, 2.05) is 25.1 Å². The first-order valence-corrected chi connectivity index (χ1v) is 7.96. The number of hydrogen-bond acceptors (Lipinski definition) is 1. The van der Waals surface area contributed by atoms with E-state index in [1.165, 1.54) is 19.3 Å². The second-order valence-corrected chi connectivity index (χ2v) is 6.21. The molecule has 0 heterocycles. The van der Waals surface area contributed by atoms with Crippen LogP contribution in [0.25, 0.3) is 0 Å². The topological polar surface area (TPSA) is 29.1 Å². The van der Waals surface area contributed by atoms with Gasteiger partial charge in [0.1, 0.15) is 0 Å². The number of terminal acetylenes is 1. The van der Waals surface area contributed by atoms with Gasteiger partial charge in [0.25, 0.3) is 0 Å². The Bertz CT molecular complexity index is 547. The van der Waals surface area contributed by atoms with Crippen LogP contribution in [0.15, 0.2) is 18.2 Å². The Morgan fingerprint density at radius 2 is 2.05 bits per heavy atom. The summed E-state index contributed by atoms with van der Waals surface area (Å²) in [7, 11) is 0. The van der Waals surface area contributed by atoms with Crippen LogP contribution in [0.1, 0.15) is 62.1 Å². The Hall–Kier alpha value is -1.75. The molecule has 0 aromatic heterocycles. The van der Waals surface area contributed by atoms with Crippen LogP contribution in [0.2, 0.25) is 0 Å². The van der Waals surface area contributed by atoms with Gasteiger partial charge in [0, 0.05) is 11.1 Å². The molecule has 1 fully saturated rings. The van der Waals surface area contributed by atoms with Crippen LogP contribution in [-0.4, -0.2) is 11.4 Å². The Balaban J connectivity index is 2.03. The van der Waals surface area contributed by atoms with Gasteiger partial charge in [-0.3, -0.25) is 4.79 Å². The van der Waals surface area contributed by atoms with Crippen molar-refractivity contribution in [2.45, 2.75) is 64.3 Å². The minimum absolute atomic E-state index is 0.0298. The van der Waals surface area contributed by atoms with Gasteiger partial charge in [-0.25, -0.2) is 0 Å². The number of benzene rings is 1. The molecule has 0 spiro atoms. The highest BCUT2D eigenvalue weighted by Gasteiger charge is 2.31. The molecule has 1 saturated carbocycles. The number of aryl methyl sites for hydroxylation is 1. The van der Waals surface area contributed by atoms with Gasteiger partial charge in [0.15, 0.2) is 0 Å². The molecule has 0 radical (unpaired) electrons. The molecule has 21 heavy (non-hydrogen) atoms. The predicted octanol–water partition coefficient (Wildman–Crippen LogP) is 3.75. The summed E-state index contributed by atoms with van der Waals surface area (Å²) in [6, 6.07) is 5.86. The molecule has 1 N–H and O–H groups in total. The van der Waals surface area contributed by atoms with Gasteiger partial charge in [-0.2, -0.15) is 0 Å². The highest BCUT2D eigenvalue weighted by atomic mass is 16.1. The fourth-order valence-electron chi connectivity index (χ4n) is 3.29. The third-order valence-electron chi connectivity index (χ3n) is 4.75. The van der Waals surface area contributed by atoms with Crippen molar-refractivity contribution in [1.82, 2.24) is 5.32 Å². The smallest absolute Gasteiger partial charge is 0.224 e. The second kappa shape index (κ2) is 6.80. The summed E-state index contributed by atoms with van der Waals surface area (Å²) in [5, 5.41) is 3.31. The largest absolute Gasteiger partial charge is 0.350 e. The van der Waals surface area contributed by atoms with Crippen LogP contribution in [-0.2, 0) is 11.2 Å². The number of carbonyl (C=O) groups excluding carboxylic acids is 1. The Morgan fingerprint density at radius 1 is 1.33 bits per heavy atom. The van der Waals surface area contributed by atoms with Crippen molar-refractivity contribution in [3.8, 4) is 12.3 Å². The van der Waals surface area contributed by atoms with Gasteiger partial charge in [0.2, 0.25) is 5.91 Å². The molecule has 1 aromatic rings. The quantitative estimate of drug-likeness (QED) is 0.838. The zero-order chi connectivity index (χ0) is 15.3. The van der Waals surface area contributed by atoms with Gasteiger partial charge in [-0.15, -0.1) is 6.42 Å². The van der Waals surface area contributed by atoms with Crippen molar-refractivity contribution < 1.29 is 4.79 Å². The minimum Gasteiger partial charge on any atom is -0.350 e. The van der Waals surface area contributed by atoms with Crippen molar-refractivity contribution in [2.24, 2.45) is 0 Å². The number of rotatable bonds is 4. The van der Waals surface area contributed by atoms with Crippen molar-refractivity contribution in [2.75, 3.05) is 0 Å². The molecule has 0 aliphatic heterocycles. The molecule has 1 aromatic carbocycles. The van der Waals surface area contributed by atoms with Gasteiger partial charge >= 0.3 is 0 Å². The lowest BCUT2D eigenvalue weighted by molar-refractivity contribution is -0.122. The maximum absolute atomic E-state index is 12.4. The zero-order valence-electron chi connectivity index (χ0n) is 13.2. The molecule has 1 amide bonds. The van der Waals surface area contributed by atoms with Crippen molar-refractivity contribution >= 4 is 5.91 Å². The van der Waals surface area contributed by atoms with E-state index < -0.39 is 0 Å². The molecule has 2 rings (SSSR count). The van der Waals surface area contributed by atoms with Crippen molar-refractivity contribution in [3.63, 3.8) is 0 Å². The average molecular weight is 283 g/mol. The molecule has 0 unspecified atom stereocenters. The molecule has 112 valence electrons. The third-order valence-corrected chi connectivity index (χ3v) is 4.75. The summed E-state index contributed by atoms with van der Waals surface area (Å²) in [5.74, 6) is 2.76. The lowest BCUT2D eigenvalue weighted by atomic mass is 9.79. The van der Waals surface area contributed by atoms with Crippen LogP contribution in [0.4, 0.5) is 0 Å². The molecule has 2 heteroatoms. The minimum atomic E-state index is 0.0298. The summed E-state index contributed by atoms with van der Waals surface area (Å²) in [4.78, 5) is 12.4. The van der Waals surface area contributed by atoms with Gasteiger partial charge in [-0.1, -0.05) is 38.2 Å². The maximum atomic E-state index is 12.4. The Labute approximate surface area is 128 Å². The van der Waals surface area contributed by atoms with Crippen LogP contribution in [0.3, 0.4) is 0 Å². The first-order valence-electron chi connectivity index (χ1n) is 7.96. The first kappa shape index (κ1) is 15.6. The Kier molecular flexibility index (Phi) is 5.07. The monoisotopic (exact) mass is 283 g/mol. The van der Waals surface area contributed by atoms with E-state index >= 15 is 0 Å². The number of hydrogen-bond donors (Lipinski definition) is 1.